The molecule has 1 heterocycles. The number of ether oxygens (including phenoxy) is 1. The number of amides is 1. The lowest BCUT2D eigenvalue weighted by molar-refractivity contribution is -0.384. The number of nitro groups is 1. The van der Waals surface area contributed by atoms with Gasteiger partial charge in [-0.05, 0) is 49.2 Å². The Balaban J connectivity index is 1.85. The number of nitrogens with zero attached hydrogens (tertiary/aromatic N) is 2. The second kappa shape index (κ2) is 8.57. The smallest absolute Gasteiger partial charge is 0.293 e. The number of anilines is 2. The van der Waals surface area contributed by atoms with Gasteiger partial charge in [-0.3, -0.25) is 19.6 Å². The molecule has 11 heteroatoms. The Morgan fingerprint density at radius 1 is 1.20 bits per heavy atom. The average molecular weight is 434 g/mol. The summed E-state index contributed by atoms with van der Waals surface area (Å²) in [5.41, 5.74) is 5.63. The van der Waals surface area contributed by atoms with Crippen LogP contribution in [0.2, 0.25) is 0 Å². The number of carbonyl (C=O) groups excluding carboxylic acids is 1. The van der Waals surface area contributed by atoms with Crippen molar-refractivity contribution in [1.82, 2.24) is 0 Å². The van der Waals surface area contributed by atoms with Gasteiger partial charge in [0.2, 0.25) is 5.91 Å². The summed E-state index contributed by atoms with van der Waals surface area (Å²) in [6.07, 6.45) is 0.983. The van der Waals surface area contributed by atoms with E-state index in [2.05, 4.69) is 4.72 Å². The highest BCUT2D eigenvalue weighted by Gasteiger charge is 2.29. The van der Waals surface area contributed by atoms with Crippen molar-refractivity contribution in [3.63, 3.8) is 0 Å². The van der Waals surface area contributed by atoms with Crippen molar-refractivity contribution >= 4 is 33.0 Å². The minimum atomic E-state index is -4.03. The molecular weight excluding hydrogens is 412 g/mol. The van der Waals surface area contributed by atoms with Crippen LogP contribution in [0.3, 0.4) is 0 Å². The predicted octanol–water partition coefficient (Wildman–Crippen LogP) is 2.11. The highest BCUT2D eigenvalue weighted by molar-refractivity contribution is 7.92. The summed E-state index contributed by atoms with van der Waals surface area (Å²) in [6.45, 7) is 0.843. The van der Waals surface area contributed by atoms with Crippen LogP contribution in [0, 0.1) is 16.0 Å². The molecule has 2 aromatic rings. The van der Waals surface area contributed by atoms with E-state index in [1.54, 1.807) is 17.0 Å². The van der Waals surface area contributed by atoms with Crippen molar-refractivity contribution in [2.45, 2.75) is 17.7 Å². The molecule has 30 heavy (non-hydrogen) atoms. The van der Waals surface area contributed by atoms with Crippen molar-refractivity contribution < 1.29 is 22.9 Å². The largest absolute Gasteiger partial charge is 0.497 e. The van der Waals surface area contributed by atoms with E-state index in [0.717, 1.165) is 6.07 Å². The molecule has 0 bridgehead atoms. The molecule has 0 saturated carbocycles. The Kier molecular flexibility index (Phi) is 6.11. The molecule has 0 atom stereocenters. The van der Waals surface area contributed by atoms with Gasteiger partial charge in [-0.1, -0.05) is 0 Å². The molecule has 3 rings (SSSR count). The maximum atomic E-state index is 12.7. The number of benzene rings is 2. The maximum absolute atomic E-state index is 12.7. The molecule has 3 N–H and O–H groups in total. The van der Waals surface area contributed by atoms with Crippen molar-refractivity contribution in [3.05, 3.63) is 52.6 Å². The first kappa shape index (κ1) is 21.4. The van der Waals surface area contributed by atoms with E-state index in [1.807, 2.05) is 0 Å². The number of nitrogens with two attached hydrogens (primary N) is 1. The normalized spacial score (nSPS) is 14.9. The molecule has 1 saturated heterocycles. The fraction of sp³-hybridized carbons (Fsp3) is 0.316. The van der Waals surface area contributed by atoms with Crippen LogP contribution in [0.1, 0.15) is 12.8 Å². The minimum Gasteiger partial charge on any atom is -0.497 e. The molecule has 0 unspecified atom stereocenters. The molecular formula is C19H22N4O6S. The standard InChI is InChI=1S/C19H22N4O6S/c1-29-15-4-2-14(3-5-15)21-30(27,28)16-6-7-17(18(12-16)23(25)26)22-10-8-13(9-11-22)19(20)24/h2-7,12-13,21H,8-11H2,1H3,(H2,20,24). The number of piperidine rings is 1. The van der Waals surface area contributed by atoms with Gasteiger partial charge < -0.3 is 15.4 Å². The summed E-state index contributed by atoms with van der Waals surface area (Å²) in [5, 5.41) is 11.6. The fourth-order valence-corrected chi connectivity index (χ4v) is 4.44. The third kappa shape index (κ3) is 4.62. The number of primary amides is 1. The summed E-state index contributed by atoms with van der Waals surface area (Å²) in [7, 11) is -2.54. The van der Waals surface area contributed by atoms with Crippen LogP contribution < -0.4 is 20.1 Å². The van der Waals surface area contributed by atoms with Crippen LogP contribution in [0.15, 0.2) is 47.4 Å². The van der Waals surface area contributed by atoms with Crippen molar-refractivity contribution in [2.75, 3.05) is 29.8 Å². The molecule has 0 radical (unpaired) electrons. The van der Waals surface area contributed by atoms with Crippen LogP contribution in [-0.2, 0) is 14.8 Å². The lowest BCUT2D eigenvalue weighted by Crippen LogP contribution is -2.38. The highest BCUT2D eigenvalue weighted by atomic mass is 32.2. The SMILES string of the molecule is COc1ccc(NS(=O)(=O)c2ccc(N3CCC(C(N)=O)CC3)c([N+](=O)[O-])c2)cc1. The molecule has 1 aliphatic heterocycles. The monoisotopic (exact) mass is 434 g/mol. The predicted molar refractivity (Wildman–Crippen MR) is 111 cm³/mol. The van der Waals surface area contributed by atoms with E-state index in [-0.39, 0.29) is 22.4 Å². The number of nitrogens with one attached hydrogen (secondary N) is 1. The maximum Gasteiger partial charge on any atom is 0.293 e. The number of hydrogen-bond donors (Lipinski definition) is 2. The van der Waals surface area contributed by atoms with Crippen LogP contribution in [0.4, 0.5) is 17.1 Å². The lowest BCUT2D eigenvalue weighted by Gasteiger charge is -2.32. The Morgan fingerprint density at radius 2 is 1.83 bits per heavy atom. The summed E-state index contributed by atoms with van der Waals surface area (Å²) in [6, 6.07) is 10.0. The third-order valence-electron chi connectivity index (χ3n) is 5.03. The number of rotatable bonds is 7. The number of hydrogen-bond acceptors (Lipinski definition) is 7. The second-order valence-electron chi connectivity index (χ2n) is 6.91. The summed E-state index contributed by atoms with van der Waals surface area (Å²) < 4.78 is 32.8. The summed E-state index contributed by atoms with van der Waals surface area (Å²) >= 11 is 0. The van der Waals surface area contributed by atoms with E-state index in [4.69, 9.17) is 10.5 Å². The highest BCUT2D eigenvalue weighted by Crippen LogP contribution is 2.34. The molecule has 2 aromatic carbocycles. The van der Waals surface area contributed by atoms with Crippen LogP contribution in [-0.4, -0.2) is 39.4 Å². The first-order chi connectivity index (χ1) is 14.2. The molecule has 10 nitrogen and oxygen atoms in total. The van der Waals surface area contributed by atoms with Gasteiger partial charge in [-0.25, -0.2) is 8.42 Å². The third-order valence-corrected chi connectivity index (χ3v) is 6.41. The first-order valence-corrected chi connectivity index (χ1v) is 10.7. The van der Waals surface area contributed by atoms with Gasteiger partial charge in [0.25, 0.3) is 15.7 Å². The van der Waals surface area contributed by atoms with Gasteiger partial charge >= 0.3 is 0 Å². The van der Waals surface area contributed by atoms with Gasteiger partial charge in [0.15, 0.2) is 0 Å². The molecule has 160 valence electrons. The van der Waals surface area contributed by atoms with Crippen LogP contribution in [0.5, 0.6) is 5.75 Å². The number of carbonyl (C=O) groups is 1. The van der Waals surface area contributed by atoms with Crippen molar-refractivity contribution in [1.29, 1.82) is 0 Å². The molecule has 1 fully saturated rings. The summed E-state index contributed by atoms with van der Waals surface area (Å²) in [5.74, 6) is -0.0677. The number of methoxy groups -OCH3 is 1. The Hall–Kier alpha value is -3.34. The van der Waals surface area contributed by atoms with E-state index >= 15 is 0 Å². The van der Waals surface area contributed by atoms with E-state index in [1.165, 1.54) is 31.4 Å². The van der Waals surface area contributed by atoms with Crippen molar-refractivity contribution in [3.8, 4) is 5.75 Å². The van der Waals surface area contributed by atoms with Gasteiger partial charge in [0.1, 0.15) is 11.4 Å². The molecule has 0 aromatic heterocycles. The quantitative estimate of drug-likeness (QED) is 0.501. The zero-order valence-corrected chi connectivity index (χ0v) is 17.1. The number of sulfonamides is 1. The Morgan fingerprint density at radius 3 is 2.37 bits per heavy atom. The minimum absolute atomic E-state index is 0.221. The van der Waals surface area contributed by atoms with E-state index < -0.39 is 14.9 Å². The van der Waals surface area contributed by atoms with Crippen LogP contribution >= 0.6 is 0 Å². The van der Waals surface area contributed by atoms with E-state index in [9.17, 15) is 23.3 Å². The molecule has 1 aliphatic rings. The topological polar surface area (TPSA) is 145 Å². The van der Waals surface area contributed by atoms with E-state index in [0.29, 0.717) is 43.1 Å². The summed E-state index contributed by atoms with van der Waals surface area (Å²) in [4.78, 5) is 23.9. The zero-order valence-electron chi connectivity index (χ0n) is 16.3. The van der Waals surface area contributed by atoms with Crippen molar-refractivity contribution in [2.24, 2.45) is 11.7 Å². The Bertz CT molecular complexity index is 1050. The van der Waals surface area contributed by atoms with Crippen LogP contribution in [0.25, 0.3) is 0 Å². The fourth-order valence-electron chi connectivity index (χ4n) is 3.36. The van der Waals surface area contributed by atoms with Gasteiger partial charge in [-0.15, -0.1) is 0 Å². The lowest BCUT2D eigenvalue weighted by atomic mass is 9.96. The molecule has 0 aliphatic carbocycles. The first-order valence-electron chi connectivity index (χ1n) is 9.21. The molecule has 1 amide bonds. The van der Waals surface area contributed by atoms with Gasteiger partial charge in [-0.2, -0.15) is 0 Å². The average Bonchev–Trinajstić information content (AvgIpc) is 2.73. The van der Waals surface area contributed by atoms with Gasteiger partial charge in [0, 0.05) is 30.8 Å². The zero-order chi connectivity index (χ0) is 21.9. The number of nitro benzene ring substituents is 1. The van der Waals surface area contributed by atoms with Gasteiger partial charge in [0.05, 0.1) is 16.9 Å². The Labute approximate surface area is 173 Å². The second-order valence-corrected chi connectivity index (χ2v) is 8.59. The molecule has 0 spiro atoms.